The van der Waals surface area contributed by atoms with Gasteiger partial charge in [0.25, 0.3) is 0 Å². The summed E-state index contributed by atoms with van der Waals surface area (Å²) in [6.07, 6.45) is 4.07. The van der Waals surface area contributed by atoms with Gasteiger partial charge < -0.3 is 15.5 Å². The lowest BCUT2D eigenvalue weighted by Crippen LogP contribution is -2.29. The topological polar surface area (TPSA) is 130 Å². The predicted octanol–water partition coefficient (Wildman–Crippen LogP) is 8.14. The van der Waals surface area contributed by atoms with Crippen LogP contribution in [0.5, 0.6) is 5.75 Å². The van der Waals surface area contributed by atoms with Crippen LogP contribution in [-0.2, 0) is 12.0 Å². The number of carbonyl (C=O) groups is 1. The number of aliphatic hydroxyl groups excluding tert-OH is 1. The number of aromatic nitrogens is 5. The van der Waals surface area contributed by atoms with E-state index >= 15 is 0 Å². The molecule has 258 valence electrons. The molecule has 10 nitrogen and oxygen atoms in total. The van der Waals surface area contributed by atoms with Crippen LogP contribution < -0.4 is 10.6 Å². The third-order valence-corrected chi connectivity index (χ3v) is 11.3. The third-order valence-electron chi connectivity index (χ3n) is 7.82. The van der Waals surface area contributed by atoms with Crippen LogP contribution in [0.25, 0.3) is 22.7 Å². The molecule has 3 aromatic carbocycles. The van der Waals surface area contributed by atoms with Crippen LogP contribution in [0.1, 0.15) is 25.1 Å². The molecule has 50 heavy (non-hydrogen) atoms. The van der Waals surface area contributed by atoms with Crippen molar-refractivity contribution in [1.29, 1.82) is 0 Å². The number of anilines is 1. The lowest BCUT2D eigenvalue weighted by atomic mass is 9.92. The average Bonchev–Trinajstić information content (AvgIpc) is 3.73. The number of nitrogens with one attached hydrogen (secondary N) is 2. The molecule has 0 aliphatic rings. The van der Waals surface area contributed by atoms with E-state index in [4.69, 9.17) is 16.7 Å². The van der Waals surface area contributed by atoms with E-state index in [2.05, 4.69) is 34.7 Å². The Labute approximate surface area is 308 Å². The maximum absolute atomic E-state index is 13.4. The van der Waals surface area contributed by atoms with E-state index in [9.17, 15) is 15.0 Å². The standard InChI is InChI=1S/C36H36ClN7O3S3/c1-36(2,22-48-3)31-19-33(44(42-31)24-12-14-28(46)27(37)18-24)39-35(47)38-20-23-8-4-6-10-29(23)50-25-13-15-32-40-41-34(43(32)21-25)26-9-5-7-11-30(26)49-17-16-45/h4-15,18-19,21,45-46H,16-17,20,22H2,1-3H3,(H2,38,39,47). The first-order valence-corrected chi connectivity index (χ1v) is 19.3. The summed E-state index contributed by atoms with van der Waals surface area (Å²) in [4.78, 5) is 16.4. The van der Waals surface area contributed by atoms with Crippen molar-refractivity contribution in [3.8, 4) is 22.8 Å². The zero-order valence-corrected chi connectivity index (χ0v) is 30.8. The normalized spacial score (nSPS) is 11.6. The van der Waals surface area contributed by atoms with Gasteiger partial charge in [-0.2, -0.15) is 16.9 Å². The Morgan fingerprint density at radius 2 is 1.76 bits per heavy atom. The number of halogens is 1. The number of hydrogen-bond donors (Lipinski definition) is 4. The van der Waals surface area contributed by atoms with Crippen molar-refractivity contribution in [3.05, 3.63) is 107 Å². The molecule has 3 aromatic heterocycles. The fourth-order valence-corrected chi connectivity index (χ4v) is 8.13. The van der Waals surface area contributed by atoms with Gasteiger partial charge in [-0.25, -0.2) is 9.48 Å². The van der Waals surface area contributed by atoms with E-state index < -0.39 is 6.03 Å². The summed E-state index contributed by atoms with van der Waals surface area (Å²) in [6.45, 7) is 4.59. The van der Waals surface area contributed by atoms with E-state index in [-0.39, 0.29) is 29.3 Å². The summed E-state index contributed by atoms with van der Waals surface area (Å²) >= 11 is 11.1. The van der Waals surface area contributed by atoms with Crippen LogP contribution >= 0.6 is 46.9 Å². The van der Waals surface area contributed by atoms with Gasteiger partial charge in [0.15, 0.2) is 11.5 Å². The fourth-order valence-electron chi connectivity index (χ4n) is 5.32. The highest BCUT2D eigenvalue weighted by Gasteiger charge is 2.26. The first kappa shape index (κ1) is 35.7. The van der Waals surface area contributed by atoms with E-state index in [1.807, 2.05) is 83.6 Å². The molecule has 0 atom stereocenters. The van der Waals surface area contributed by atoms with Crippen LogP contribution in [0.4, 0.5) is 10.6 Å². The van der Waals surface area contributed by atoms with Gasteiger partial charge in [0.1, 0.15) is 11.6 Å². The van der Waals surface area contributed by atoms with Gasteiger partial charge in [-0.15, -0.1) is 22.0 Å². The van der Waals surface area contributed by atoms with Crippen molar-refractivity contribution in [1.82, 2.24) is 29.7 Å². The van der Waals surface area contributed by atoms with Gasteiger partial charge in [-0.1, -0.05) is 73.6 Å². The van der Waals surface area contributed by atoms with E-state index in [1.54, 1.807) is 52.1 Å². The number of benzene rings is 3. The highest BCUT2D eigenvalue weighted by atomic mass is 35.5. The number of aliphatic hydroxyl groups is 1. The molecule has 4 N–H and O–H groups in total. The summed E-state index contributed by atoms with van der Waals surface area (Å²) in [6, 6.07) is 26.2. The fraction of sp³-hybridized carbons (Fsp3) is 0.222. The lowest BCUT2D eigenvalue weighted by molar-refractivity contribution is 0.251. The first-order valence-electron chi connectivity index (χ1n) is 15.7. The highest BCUT2D eigenvalue weighted by Crippen LogP contribution is 2.35. The summed E-state index contributed by atoms with van der Waals surface area (Å²) < 4.78 is 3.61. The molecule has 0 bridgehead atoms. The smallest absolute Gasteiger partial charge is 0.320 e. The number of fused-ring (bicyclic) bond motifs is 1. The summed E-state index contributed by atoms with van der Waals surface area (Å²) in [7, 11) is 0. The monoisotopic (exact) mass is 745 g/mol. The number of thioether (sulfide) groups is 2. The van der Waals surface area contributed by atoms with Crippen LogP contribution in [0.3, 0.4) is 0 Å². The molecule has 0 spiro atoms. The maximum atomic E-state index is 13.4. The van der Waals surface area contributed by atoms with Gasteiger partial charge in [0.2, 0.25) is 0 Å². The minimum Gasteiger partial charge on any atom is -0.506 e. The second kappa shape index (κ2) is 15.8. The molecule has 0 radical (unpaired) electrons. The van der Waals surface area contributed by atoms with E-state index in [0.717, 1.165) is 48.7 Å². The Bertz CT molecular complexity index is 2140. The van der Waals surface area contributed by atoms with Crippen LogP contribution in [0.2, 0.25) is 5.02 Å². The number of urea groups is 1. The van der Waals surface area contributed by atoms with Gasteiger partial charge in [0, 0.05) is 56.0 Å². The molecule has 0 unspecified atom stereocenters. The number of nitrogens with zero attached hydrogens (tertiary/aromatic N) is 5. The average molecular weight is 746 g/mol. The molecule has 0 fully saturated rings. The third kappa shape index (κ3) is 8.08. The molecule has 0 aliphatic heterocycles. The second-order valence-corrected chi connectivity index (χ2v) is 15.5. The maximum Gasteiger partial charge on any atom is 0.320 e. The number of phenols is 1. The number of phenolic OH excluding ortho intramolecular Hbond substituents is 1. The number of pyridine rings is 1. The van der Waals surface area contributed by atoms with Gasteiger partial charge >= 0.3 is 6.03 Å². The number of hydrogen-bond acceptors (Lipinski definition) is 9. The molecule has 0 saturated carbocycles. The zero-order valence-electron chi connectivity index (χ0n) is 27.6. The number of amides is 2. The quantitative estimate of drug-likeness (QED) is 0.0866. The molecule has 14 heteroatoms. The molecule has 0 aliphatic carbocycles. The Hall–Kier alpha value is -4.14. The van der Waals surface area contributed by atoms with Crippen molar-refractivity contribution < 1.29 is 15.0 Å². The molecule has 2 amide bonds. The minimum absolute atomic E-state index is 0.0324. The SMILES string of the molecule is CSCC(C)(C)c1cc(NC(=O)NCc2ccccc2Sc2ccc3nnc(-c4ccccc4SCCO)n3c2)n(-c2ccc(O)c(Cl)c2)n1. The van der Waals surface area contributed by atoms with Gasteiger partial charge in [-0.05, 0) is 54.3 Å². The number of rotatable bonds is 13. The zero-order chi connectivity index (χ0) is 35.3. The minimum atomic E-state index is -0.390. The summed E-state index contributed by atoms with van der Waals surface area (Å²) in [5.41, 5.74) is 3.79. The Balaban J connectivity index is 1.20. The highest BCUT2D eigenvalue weighted by molar-refractivity contribution is 7.99. The van der Waals surface area contributed by atoms with Crippen molar-refractivity contribution in [2.45, 2.75) is 40.5 Å². The van der Waals surface area contributed by atoms with Crippen molar-refractivity contribution in [3.63, 3.8) is 0 Å². The van der Waals surface area contributed by atoms with E-state index in [0.29, 0.717) is 17.3 Å². The molecule has 6 rings (SSSR count). The predicted molar refractivity (Wildman–Crippen MR) is 204 cm³/mol. The first-order chi connectivity index (χ1) is 24.2. The summed E-state index contributed by atoms with van der Waals surface area (Å²) in [5.74, 6) is 2.60. The Morgan fingerprint density at radius 3 is 2.54 bits per heavy atom. The number of aromatic hydroxyl groups is 1. The largest absolute Gasteiger partial charge is 0.506 e. The van der Waals surface area contributed by atoms with E-state index in [1.165, 1.54) is 6.07 Å². The van der Waals surface area contributed by atoms with Gasteiger partial charge in [-0.3, -0.25) is 9.72 Å². The molecule has 0 saturated heterocycles. The molecular formula is C36H36ClN7O3S3. The van der Waals surface area contributed by atoms with Crippen LogP contribution in [0.15, 0.2) is 106 Å². The van der Waals surface area contributed by atoms with Crippen LogP contribution in [-0.4, -0.2) is 65.0 Å². The van der Waals surface area contributed by atoms with Crippen molar-refractivity contribution >= 4 is 64.4 Å². The van der Waals surface area contributed by atoms with Crippen molar-refractivity contribution in [2.24, 2.45) is 0 Å². The second-order valence-electron chi connectivity index (χ2n) is 12.0. The lowest BCUT2D eigenvalue weighted by Gasteiger charge is -2.20. The van der Waals surface area contributed by atoms with Crippen molar-refractivity contribution in [2.75, 3.05) is 29.7 Å². The molecule has 3 heterocycles. The Morgan fingerprint density at radius 1 is 0.980 bits per heavy atom. The molecule has 6 aromatic rings. The van der Waals surface area contributed by atoms with Gasteiger partial charge in [0.05, 0.1) is 23.0 Å². The molecular weight excluding hydrogens is 710 g/mol. The van der Waals surface area contributed by atoms with Crippen LogP contribution in [0, 0.1) is 0 Å². The number of carbonyl (C=O) groups excluding carboxylic acids is 1. The Kier molecular flexibility index (Phi) is 11.3. The summed E-state index contributed by atoms with van der Waals surface area (Å²) in [5, 5.41) is 39.2.